The molecule has 0 saturated carbocycles. The minimum Gasteiger partial charge on any atom is -0.495 e. The number of hydrogen-bond acceptors (Lipinski definition) is 2. The van der Waals surface area contributed by atoms with Gasteiger partial charge >= 0.3 is 0 Å². The maximum Gasteiger partial charge on any atom is 0.143 e. The molecule has 0 saturated heterocycles. The van der Waals surface area contributed by atoms with Gasteiger partial charge < -0.3 is 10.1 Å². The van der Waals surface area contributed by atoms with Crippen LogP contribution in [0.25, 0.3) is 0 Å². The van der Waals surface area contributed by atoms with E-state index in [1.54, 1.807) is 7.11 Å². The van der Waals surface area contributed by atoms with Crippen LogP contribution in [-0.2, 0) is 0 Å². The molecule has 0 amide bonds. The highest BCUT2D eigenvalue weighted by Crippen LogP contribution is 2.32. The van der Waals surface area contributed by atoms with Crippen molar-refractivity contribution in [3.8, 4) is 5.75 Å². The summed E-state index contributed by atoms with van der Waals surface area (Å²) in [7, 11) is 1.72. The van der Waals surface area contributed by atoms with Crippen molar-refractivity contribution in [2.24, 2.45) is 0 Å². The second-order valence-corrected chi connectivity index (χ2v) is 6.46. The Morgan fingerprint density at radius 1 is 1.20 bits per heavy atom. The summed E-state index contributed by atoms with van der Waals surface area (Å²) in [6, 6.07) is 4.62. The maximum absolute atomic E-state index is 5.47. The average Bonchev–Trinajstić information content (AvgIpc) is 2.41. The molecule has 0 aliphatic carbocycles. The fourth-order valence-electron chi connectivity index (χ4n) is 2.43. The Bertz CT molecular complexity index is 406. The van der Waals surface area contributed by atoms with Crippen molar-refractivity contribution < 1.29 is 4.74 Å². The van der Waals surface area contributed by atoms with Gasteiger partial charge in [-0.1, -0.05) is 55.0 Å². The molecule has 2 nitrogen and oxygen atoms in total. The summed E-state index contributed by atoms with van der Waals surface area (Å²) in [5.74, 6) is 0.912. The van der Waals surface area contributed by atoms with E-state index in [2.05, 4.69) is 48.1 Å². The highest BCUT2D eigenvalue weighted by molar-refractivity contribution is 9.10. The minimum atomic E-state index is 0.477. The third-order valence-corrected chi connectivity index (χ3v) is 4.07. The SMILES string of the molecule is CCCCCCCC(C)Nc1c(C)cc(Br)cc1OC. The van der Waals surface area contributed by atoms with Crippen molar-refractivity contribution in [2.45, 2.75) is 65.3 Å². The number of nitrogens with one attached hydrogen (secondary N) is 1. The van der Waals surface area contributed by atoms with Gasteiger partial charge in [0.15, 0.2) is 0 Å². The molecule has 1 rings (SSSR count). The van der Waals surface area contributed by atoms with E-state index in [9.17, 15) is 0 Å². The Morgan fingerprint density at radius 3 is 2.55 bits per heavy atom. The van der Waals surface area contributed by atoms with Crippen LogP contribution in [0.15, 0.2) is 16.6 Å². The van der Waals surface area contributed by atoms with Gasteiger partial charge in [0.1, 0.15) is 5.75 Å². The molecular formula is C17H28BrNO. The van der Waals surface area contributed by atoms with E-state index < -0.39 is 0 Å². The van der Waals surface area contributed by atoms with Crippen LogP contribution in [0.3, 0.4) is 0 Å². The summed E-state index contributed by atoms with van der Waals surface area (Å²) in [4.78, 5) is 0. The molecule has 0 aliphatic rings. The van der Waals surface area contributed by atoms with Gasteiger partial charge in [0.2, 0.25) is 0 Å². The number of benzene rings is 1. The summed E-state index contributed by atoms with van der Waals surface area (Å²) in [5.41, 5.74) is 2.34. The molecule has 0 spiro atoms. The van der Waals surface area contributed by atoms with E-state index >= 15 is 0 Å². The lowest BCUT2D eigenvalue weighted by atomic mass is 10.1. The summed E-state index contributed by atoms with van der Waals surface area (Å²) in [6.45, 7) is 6.62. The molecule has 114 valence electrons. The predicted octanol–water partition coefficient (Wildman–Crippen LogP) is 5.93. The molecule has 1 aromatic rings. The first-order valence-electron chi connectivity index (χ1n) is 7.69. The average molecular weight is 342 g/mol. The van der Waals surface area contributed by atoms with E-state index in [1.165, 1.54) is 44.1 Å². The molecule has 1 aromatic carbocycles. The Morgan fingerprint density at radius 2 is 1.90 bits per heavy atom. The maximum atomic E-state index is 5.47. The number of anilines is 1. The Kier molecular flexibility index (Phi) is 8.05. The van der Waals surface area contributed by atoms with Gasteiger partial charge in [-0.2, -0.15) is 0 Å². The fraction of sp³-hybridized carbons (Fsp3) is 0.647. The lowest BCUT2D eigenvalue weighted by Crippen LogP contribution is -2.16. The van der Waals surface area contributed by atoms with Crippen LogP contribution in [-0.4, -0.2) is 13.2 Å². The number of unbranched alkanes of at least 4 members (excludes halogenated alkanes) is 4. The first-order chi connectivity index (χ1) is 9.58. The zero-order valence-electron chi connectivity index (χ0n) is 13.3. The van der Waals surface area contributed by atoms with Crippen LogP contribution in [0.4, 0.5) is 5.69 Å². The van der Waals surface area contributed by atoms with Crippen molar-refractivity contribution >= 4 is 21.6 Å². The summed E-state index contributed by atoms with van der Waals surface area (Å²) in [5, 5.41) is 3.60. The number of ether oxygens (including phenoxy) is 1. The molecule has 0 heterocycles. The monoisotopic (exact) mass is 341 g/mol. The van der Waals surface area contributed by atoms with Crippen molar-refractivity contribution in [2.75, 3.05) is 12.4 Å². The van der Waals surface area contributed by atoms with Crippen LogP contribution in [0.5, 0.6) is 5.75 Å². The molecule has 1 unspecified atom stereocenters. The van der Waals surface area contributed by atoms with Crippen molar-refractivity contribution in [1.82, 2.24) is 0 Å². The Hall–Kier alpha value is -0.700. The zero-order chi connectivity index (χ0) is 15.0. The number of halogens is 1. The second-order valence-electron chi connectivity index (χ2n) is 5.55. The third-order valence-electron chi connectivity index (χ3n) is 3.62. The molecule has 3 heteroatoms. The number of rotatable bonds is 9. The van der Waals surface area contributed by atoms with Gasteiger partial charge in [-0.3, -0.25) is 0 Å². The molecule has 20 heavy (non-hydrogen) atoms. The van der Waals surface area contributed by atoms with Crippen LogP contribution >= 0.6 is 15.9 Å². The fourth-order valence-corrected chi connectivity index (χ4v) is 2.98. The van der Waals surface area contributed by atoms with E-state index in [0.29, 0.717) is 6.04 Å². The number of methoxy groups -OCH3 is 1. The normalized spacial score (nSPS) is 12.2. The van der Waals surface area contributed by atoms with Gasteiger partial charge in [0.05, 0.1) is 12.8 Å². The molecule has 1 N–H and O–H groups in total. The molecule has 0 bridgehead atoms. The quantitative estimate of drug-likeness (QED) is 0.562. The van der Waals surface area contributed by atoms with E-state index in [0.717, 1.165) is 15.9 Å². The van der Waals surface area contributed by atoms with Gasteiger partial charge in [-0.05, 0) is 38.0 Å². The molecule has 0 aliphatic heterocycles. The first-order valence-corrected chi connectivity index (χ1v) is 8.48. The van der Waals surface area contributed by atoms with Crippen molar-refractivity contribution in [3.63, 3.8) is 0 Å². The van der Waals surface area contributed by atoms with Crippen LogP contribution in [0, 0.1) is 6.92 Å². The topological polar surface area (TPSA) is 21.3 Å². The summed E-state index contributed by atoms with van der Waals surface area (Å²) in [6.07, 6.45) is 7.89. The molecule has 0 aromatic heterocycles. The van der Waals surface area contributed by atoms with Gasteiger partial charge in [0.25, 0.3) is 0 Å². The summed E-state index contributed by atoms with van der Waals surface area (Å²) < 4.78 is 6.53. The largest absolute Gasteiger partial charge is 0.495 e. The van der Waals surface area contributed by atoms with Gasteiger partial charge in [-0.15, -0.1) is 0 Å². The lowest BCUT2D eigenvalue weighted by molar-refractivity contribution is 0.415. The van der Waals surface area contributed by atoms with E-state index in [4.69, 9.17) is 4.74 Å². The van der Waals surface area contributed by atoms with Gasteiger partial charge in [-0.25, -0.2) is 0 Å². The van der Waals surface area contributed by atoms with Crippen molar-refractivity contribution in [1.29, 1.82) is 0 Å². The van der Waals surface area contributed by atoms with Crippen LogP contribution in [0.1, 0.15) is 57.9 Å². The molecular weight excluding hydrogens is 314 g/mol. The summed E-state index contributed by atoms with van der Waals surface area (Å²) >= 11 is 3.51. The second kappa shape index (κ2) is 9.28. The standard InChI is InChI=1S/C17H28BrNO/c1-5-6-7-8-9-10-14(3)19-17-13(2)11-15(18)12-16(17)20-4/h11-12,14,19H,5-10H2,1-4H3. The molecule has 1 atom stereocenters. The first kappa shape index (κ1) is 17.4. The molecule has 0 fully saturated rings. The van der Waals surface area contributed by atoms with E-state index in [-0.39, 0.29) is 0 Å². The Labute approximate surface area is 132 Å². The minimum absolute atomic E-state index is 0.477. The zero-order valence-corrected chi connectivity index (χ0v) is 14.8. The third kappa shape index (κ3) is 5.74. The smallest absolute Gasteiger partial charge is 0.143 e. The number of hydrogen-bond donors (Lipinski definition) is 1. The number of aryl methyl sites for hydroxylation is 1. The lowest BCUT2D eigenvalue weighted by Gasteiger charge is -2.20. The van der Waals surface area contributed by atoms with Crippen molar-refractivity contribution in [3.05, 3.63) is 22.2 Å². The van der Waals surface area contributed by atoms with Crippen LogP contribution in [0.2, 0.25) is 0 Å². The highest BCUT2D eigenvalue weighted by Gasteiger charge is 2.11. The van der Waals surface area contributed by atoms with Crippen LogP contribution < -0.4 is 10.1 Å². The highest BCUT2D eigenvalue weighted by atomic mass is 79.9. The van der Waals surface area contributed by atoms with E-state index in [1.807, 2.05) is 6.07 Å². The Balaban J connectivity index is 2.51. The predicted molar refractivity (Wildman–Crippen MR) is 91.9 cm³/mol. The molecule has 0 radical (unpaired) electrons. The van der Waals surface area contributed by atoms with Gasteiger partial charge in [0, 0.05) is 10.5 Å².